The third-order valence-electron chi connectivity index (χ3n) is 4.22. The molecule has 0 bridgehead atoms. The van der Waals surface area contributed by atoms with Crippen molar-refractivity contribution in [2.45, 2.75) is 61.3 Å². The van der Waals surface area contributed by atoms with Crippen molar-refractivity contribution in [3.63, 3.8) is 0 Å². The Hall–Kier alpha value is -2.68. The van der Waals surface area contributed by atoms with Crippen LogP contribution >= 0.6 is 0 Å². The molecule has 0 aromatic heterocycles. The molecule has 0 aliphatic carbocycles. The fourth-order valence-corrected chi connectivity index (χ4v) is 2.29. The fourth-order valence-electron chi connectivity index (χ4n) is 2.29. The van der Waals surface area contributed by atoms with Crippen LogP contribution in [-0.2, 0) is 4.79 Å². The van der Waals surface area contributed by atoms with E-state index in [2.05, 4.69) is 50.0 Å². The highest BCUT2D eigenvalue weighted by atomic mass is 16.1. The zero-order chi connectivity index (χ0) is 23.7. The van der Waals surface area contributed by atoms with E-state index in [1.54, 1.807) is 27.0 Å². The molecule has 1 amide bonds. The van der Waals surface area contributed by atoms with Crippen LogP contribution in [0.4, 0.5) is 0 Å². The molecule has 2 aromatic rings. The third kappa shape index (κ3) is 10.8. The number of rotatable bonds is 5. The molecule has 3 nitrogen and oxygen atoms in total. The Morgan fingerprint density at radius 2 is 1.23 bits per heavy atom. The Labute approximate surface area is 184 Å². The van der Waals surface area contributed by atoms with E-state index in [4.69, 9.17) is 0 Å². The number of hydrogen-bond acceptors (Lipinski definition) is 2. The number of carbonyl (C=O) groups is 2. The highest BCUT2D eigenvalue weighted by molar-refractivity contribution is 5.94. The molecule has 3 heteroatoms. The maximum Gasteiger partial charge on any atom is 0.226 e. The van der Waals surface area contributed by atoms with Gasteiger partial charge in [0.25, 0.3) is 0 Å². The molecule has 0 aliphatic rings. The summed E-state index contributed by atoms with van der Waals surface area (Å²) in [5.74, 6) is 0.607. The number of nitrogens with one attached hydrogen (secondary N) is 1. The highest BCUT2D eigenvalue weighted by Gasteiger charge is 2.03. The number of hydrogen-bond donors (Lipinski definition) is 1. The van der Waals surface area contributed by atoms with E-state index >= 15 is 0 Å². The lowest BCUT2D eigenvalue weighted by Gasteiger charge is -2.07. The third-order valence-corrected chi connectivity index (χ3v) is 4.22. The van der Waals surface area contributed by atoms with Crippen LogP contribution in [0.25, 0.3) is 11.1 Å². The van der Waals surface area contributed by atoms with Crippen molar-refractivity contribution in [3.8, 4) is 11.1 Å². The molecule has 0 radical (unpaired) electrons. The molecular weight excluding hydrogens is 370 g/mol. The second kappa shape index (κ2) is 17.2. The minimum absolute atomic E-state index is 0.0139. The van der Waals surface area contributed by atoms with Gasteiger partial charge in [0, 0.05) is 12.6 Å². The summed E-state index contributed by atoms with van der Waals surface area (Å²) in [6, 6.07) is 16.4. The maximum absolute atomic E-state index is 11.2. The van der Waals surface area contributed by atoms with Gasteiger partial charge in [0.2, 0.25) is 5.91 Å². The van der Waals surface area contributed by atoms with Crippen LogP contribution in [-0.4, -0.2) is 18.7 Å². The van der Waals surface area contributed by atoms with Gasteiger partial charge in [0.05, 0.1) is 5.92 Å². The molecule has 1 atom stereocenters. The van der Waals surface area contributed by atoms with Crippen molar-refractivity contribution in [3.05, 3.63) is 72.3 Å². The van der Waals surface area contributed by atoms with Crippen molar-refractivity contribution in [1.82, 2.24) is 5.32 Å². The quantitative estimate of drug-likeness (QED) is 0.415. The number of benzene rings is 2. The predicted octanol–water partition coefficient (Wildman–Crippen LogP) is 7.29. The van der Waals surface area contributed by atoms with Gasteiger partial charge in [-0.3, -0.25) is 9.59 Å². The number of ketones is 1. The first-order valence-corrected chi connectivity index (χ1v) is 10.9. The molecule has 1 N–H and O–H groups in total. The minimum atomic E-state index is -0.0694. The topological polar surface area (TPSA) is 46.2 Å². The minimum Gasteiger partial charge on any atom is -0.359 e. The van der Waals surface area contributed by atoms with Crippen molar-refractivity contribution in [2.75, 3.05) is 7.05 Å². The number of Topliss-reactive ketones (excluding diaryl/α,β-unsaturated/α-hetero) is 1. The SMILES string of the molecule is C=CC(C)C(=O)NC.CC.CC.CC(=O)c1ccc(-c2ccc(C(C)C)cc2)cc1. The molecule has 2 aromatic carbocycles. The molecule has 0 fully saturated rings. The first kappa shape index (κ1) is 29.5. The van der Waals surface area contributed by atoms with Gasteiger partial charge in [0.15, 0.2) is 5.78 Å². The molecule has 0 aliphatic heterocycles. The van der Waals surface area contributed by atoms with Crippen LogP contribution in [0.3, 0.4) is 0 Å². The highest BCUT2D eigenvalue weighted by Crippen LogP contribution is 2.23. The normalized spacial score (nSPS) is 10.1. The Balaban J connectivity index is 0. The summed E-state index contributed by atoms with van der Waals surface area (Å²) in [7, 11) is 1.61. The van der Waals surface area contributed by atoms with E-state index < -0.39 is 0 Å². The van der Waals surface area contributed by atoms with Gasteiger partial charge in [-0.2, -0.15) is 0 Å². The van der Waals surface area contributed by atoms with Gasteiger partial charge < -0.3 is 5.32 Å². The monoisotopic (exact) mass is 411 g/mol. The molecular formula is C27H41NO2. The van der Waals surface area contributed by atoms with E-state index in [1.165, 1.54) is 11.1 Å². The summed E-state index contributed by atoms with van der Waals surface area (Å²) >= 11 is 0. The van der Waals surface area contributed by atoms with Gasteiger partial charge in [0.1, 0.15) is 0 Å². The van der Waals surface area contributed by atoms with Gasteiger partial charge >= 0.3 is 0 Å². The summed E-state index contributed by atoms with van der Waals surface area (Å²) in [5, 5.41) is 2.51. The van der Waals surface area contributed by atoms with Crippen molar-refractivity contribution in [1.29, 1.82) is 0 Å². The number of amides is 1. The summed E-state index contributed by atoms with van der Waals surface area (Å²) < 4.78 is 0. The molecule has 1 unspecified atom stereocenters. The zero-order valence-corrected chi connectivity index (χ0v) is 20.4. The Morgan fingerprint density at radius 3 is 1.50 bits per heavy atom. The standard InChI is InChI=1S/C17H18O.C6H11NO.2C2H6/c1-12(2)14-4-8-16(9-5-14)17-10-6-15(7-11-17)13(3)18;1-4-5(2)6(8)7-3;2*1-2/h4-12H,1-3H3;4-5H,1H2,2-3H3,(H,7,8);2*1-2H3. The first-order chi connectivity index (χ1) is 14.3. The maximum atomic E-state index is 11.2. The van der Waals surface area contributed by atoms with Crippen LogP contribution in [0.15, 0.2) is 61.2 Å². The molecule has 0 heterocycles. The Kier molecular flexibility index (Phi) is 16.9. The molecule has 166 valence electrons. The van der Waals surface area contributed by atoms with Crippen LogP contribution in [0.2, 0.25) is 0 Å². The van der Waals surface area contributed by atoms with Crippen LogP contribution in [0.1, 0.15) is 77.2 Å². The average molecular weight is 412 g/mol. The summed E-state index contributed by atoms with van der Waals surface area (Å²) in [6.45, 7) is 19.2. The molecule has 0 saturated heterocycles. The van der Waals surface area contributed by atoms with E-state index in [0.717, 1.165) is 11.1 Å². The van der Waals surface area contributed by atoms with Crippen molar-refractivity contribution < 1.29 is 9.59 Å². The van der Waals surface area contributed by atoms with E-state index in [1.807, 2.05) is 52.0 Å². The van der Waals surface area contributed by atoms with E-state index in [9.17, 15) is 9.59 Å². The van der Waals surface area contributed by atoms with Gasteiger partial charge in [-0.05, 0) is 29.5 Å². The predicted molar refractivity (Wildman–Crippen MR) is 132 cm³/mol. The van der Waals surface area contributed by atoms with Crippen molar-refractivity contribution in [2.24, 2.45) is 5.92 Å². The Bertz CT molecular complexity index is 728. The number of carbonyl (C=O) groups excluding carboxylic acids is 2. The van der Waals surface area contributed by atoms with E-state index in [0.29, 0.717) is 5.92 Å². The first-order valence-electron chi connectivity index (χ1n) is 10.9. The molecule has 0 saturated carbocycles. The second-order valence-electron chi connectivity index (χ2n) is 6.55. The van der Waals surface area contributed by atoms with Crippen LogP contribution in [0.5, 0.6) is 0 Å². The summed E-state index contributed by atoms with van der Waals surface area (Å²) in [4.78, 5) is 21.8. The lowest BCUT2D eigenvalue weighted by atomic mass is 9.98. The lowest BCUT2D eigenvalue weighted by molar-refractivity contribution is -0.122. The second-order valence-corrected chi connectivity index (χ2v) is 6.55. The average Bonchev–Trinajstić information content (AvgIpc) is 2.81. The smallest absolute Gasteiger partial charge is 0.226 e. The van der Waals surface area contributed by atoms with Crippen LogP contribution in [0, 0.1) is 5.92 Å². The fraction of sp³-hybridized carbons (Fsp3) is 0.407. The van der Waals surface area contributed by atoms with Crippen molar-refractivity contribution >= 4 is 11.7 Å². The largest absolute Gasteiger partial charge is 0.359 e. The van der Waals surface area contributed by atoms with Gasteiger partial charge in [-0.1, -0.05) is 103 Å². The van der Waals surface area contributed by atoms with Gasteiger partial charge in [-0.25, -0.2) is 0 Å². The lowest BCUT2D eigenvalue weighted by Crippen LogP contribution is -2.23. The molecule has 30 heavy (non-hydrogen) atoms. The Morgan fingerprint density at radius 1 is 0.833 bits per heavy atom. The summed E-state index contributed by atoms with van der Waals surface area (Å²) in [6.07, 6.45) is 1.61. The molecule has 2 rings (SSSR count). The molecule has 0 spiro atoms. The summed E-state index contributed by atoms with van der Waals surface area (Å²) in [5.41, 5.74) is 4.45. The van der Waals surface area contributed by atoms with E-state index in [-0.39, 0.29) is 17.6 Å². The van der Waals surface area contributed by atoms with Crippen LogP contribution < -0.4 is 5.32 Å². The van der Waals surface area contributed by atoms with Gasteiger partial charge in [-0.15, -0.1) is 6.58 Å². The zero-order valence-electron chi connectivity index (χ0n) is 20.4.